The summed E-state index contributed by atoms with van der Waals surface area (Å²) in [5.74, 6) is 0.752. The van der Waals surface area contributed by atoms with Gasteiger partial charge in [0.1, 0.15) is 30.0 Å². The van der Waals surface area contributed by atoms with Crippen LogP contribution in [0.4, 0.5) is 4.39 Å². The van der Waals surface area contributed by atoms with Crippen LogP contribution in [0.2, 0.25) is 0 Å². The highest BCUT2D eigenvalue weighted by Gasteiger charge is 2.35. The van der Waals surface area contributed by atoms with E-state index in [1.165, 1.54) is 26.0 Å². The fraction of sp³-hybridized carbons (Fsp3) is 0.400. The minimum Gasteiger partial charge on any atom is -0.496 e. The van der Waals surface area contributed by atoms with Crippen molar-refractivity contribution in [2.75, 3.05) is 26.8 Å². The molecule has 2 atom stereocenters. The summed E-state index contributed by atoms with van der Waals surface area (Å²) in [7, 11) is 1.53. The second-order valence-corrected chi connectivity index (χ2v) is 6.64. The molecule has 2 aliphatic heterocycles. The van der Waals surface area contributed by atoms with E-state index in [0.29, 0.717) is 29.2 Å². The molecular formula is C20H22FNO3. The van der Waals surface area contributed by atoms with Gasteiger partial charge in [-0.05, 0) is 49.7 Å². The number of hydrogen-bond donors (Lipinski definition) is 1. The zero-order valence-corrected chi connectivity index (χ0v) is 14.2. The molecule has 132 valence electrons. The van der Waals surface area contributed by atoms with Crippen LogP contribution < -0.4 is 9.47 Å². The summed E-state index contributed by atoms with van der Waals surface area (Å²) >= 11 is 0. The average Bonchev–Trinajstić information content (AvgIpc) is 3.16. The number of aliphatic hydroxyl groups excluding tert-OH is 1. The smallest absolute Gasteiger partial charge is 0.134 e. The minimum absolute atomic E-state index is 0.0103. The number of fused-ring (bicyclic) bond motifs is 1. The summed E-state index contributed by atoms with van der Waals surface area (Å²) in [4.78, 5) is 2.29. The molecule has 2 aliphatic rings. The van der Waals surface area contributed by atoms with Crippen LogP contribution in [0, 0.1) is 5.82 Å². The molecule has 1 fully saturated rings. The number of likely N-dealkylation sites (tertiary alicyclic amines) is 1. The number of methoxy groups -OCH3 is 1. The number of hydrogen-bond acceptors (Lipinski definition) is 4. The van der Waals surface area contributed by atoms with E-state index in [9.17, 15) is 9.50 Å². The number of benzene rings is 2. The van der Waals surface area contributed by atoms with Crippen LogP contribution in [-0.4, -0.2) is 42.9 Å². The lowest BCUT2D eigenvalue weighted by Crippen LogP contribution is -2.44. The highest BCUT2D eigenvalue weighted by atomic mass is 19.1. The molecule has 1 N–H and O–H groups in total. The Balaban J connectivity index is 1.68. The molecule has 1 saturated heterocycles. The molecule has 4 nitrogen and oxygen atoms in total. The largest absolute Gasteiger partial charge is 0.496 e. The Bertz CT molecular complexity index is 774. The Hall–Kier alpha value is -2.11. The maximum absolute atomic E-state index is 14.3. The maximum atomic E-state index is 14.3. The summed E-state index contributed by atoms with van der Waals surface area (Å²) < 4.78 is 25.5. The highest BCUT2D eigenvalue weighted by Crippen LogP contribution is 2.40. The fourth-order valence-corrected chi connectivity index (χ4v) is 3.87. The predicted octanol–water partition coefficient (Wildman–Crippen LogP) is 3.39. The number of halogens is 1. The van der Waals surface area contributed by atoms with Gasteiger partial charge in [-0.3, -0.25) is 4.90 Å². The average molecular weight is 343 g/mol. The van der Waals surface area contributed by atoms with E-state index >= 15 is 0 Å². The Morgan fingerprint density at radius 2 is 2.00 bits per heavy atom. The number of nitrogens with zero attached hydrogens (tertiary/aromatic N) is 1. The molecular weight excluding hydrogens is 321 g/mol. The van der Waals surface area contributed by atoms with Crippen LogP contribution in [0.15, 0.2) is 36.4 Å². The van der Waals surface area contributed by atoms with Gasteiger partial charge in [-0.15, -0.1) is 0 Å². The third-order valence-electron chi connectivity index (χ3n) is 5.20. The topological polar surface area (TPSA) is 41.9 Å². The lowest BCUT2D eigenvalue weighted by atomic mass is 9.94. The van der Waals surface area contributed by atoms with Gasteiger partial charge in [-0.25, -0.2) is 4.39 Å². The van der Waals surface area contributed by atoms with Crippen molar-refractivity contribution >= 4 is 0 Å². The molecule has 0 amide bonds. The molecule has 0 aliphatic carbocycles. The zero-order valence-electron chi connectivity index (χ0n) is 14.2. The van der Waals surface area contributed by atoms with Crippen molar-refractivity contribution in [2.45, 2.75) is 25.0 Å². The van der Waals surface area contributed by atoms with Gasteiger partial charge in [-0.2, -0.15) is 0 Å². The Kier molecular flexibility index (Phi) is 4.36. The first-order chi connectivity index (χ1) is 12.2. The normalized spacial score (nSPS) is 23.2. The standard InChI is InChI=1S/C20H22FNO3/c1-24-17-6-4-5-15(21)19(17)13-7-8-14-18(11-13)25-12-16(20(14)23)22-9-2-3-10-22/h4-8,11,16,20,23H,2-3,9-10,12H2,1H3/t16-,20-/m1/s1. The van der Waals surface area contributed by atoms with Crippen LogP contribution in [0.1, 0.15) is 24.5 Å². The van der Waals surface area contributed by atoms with Crippen molar-refractivity contribution in [3.8, 4) is 22.6 Å². The summed E-state index contributed by atoms with van der Waals surface area (Å²) in [6.07, 6.45) is 1.75. The lowest BCUT2D eigenvalue weighted by molar-refractivity contribution is 0.0140. The molecule has 0 bridgehead atoms. The van der Waals surface area contributed by atoms with E-state index in [-0.39, 0.29) is 11.9 Å². The van der Waals surface area contributed by atoms with Gasteiger partial charge in [-0.1, -0.05) is 18.2 Å². The minimum atomic E-state index is -0.585. The molecule has 2 aromatic carbocycles. The van der Waals surface area contributed by atoms with Gasteiger partial charge < -0.3 is 14.6 Å². The van der Waals surface area contributed by atoms with Gasteiger partial charge in [0.05, 0.1) is 18.7 Å². The Labute approximate surface area is 146 Å². The van der Waals surface area contributed by atoms with Crippen molar-refractivity contribution in [1.29, 1.82) is 0 Å². The highest BCUT2D eigenvalue weighted by molar-refractivity contribution is 5.73. The summed E-state index contributed by atoms with van der Waals surface area (Å²) in [5.41, 5.74) is 1.86. The first-order valence-electron chi connectivity index (χ1n) is 8.71. The quantitative estimate of drug-likeness (QED) is 0.928. The molecule has 0 saturated carbocycles. The SMILES string of the molecule is COc1cccc(F)c1-c1ccc2c(c1)OC[C@@H](N1CCCC1)[C@@H]2O. The number of rotatable bonds is 3. The predicted molar refractivity (Wildman–Crippen MR) is 93.4 cm³/mol. The molecule has 0 unspecified atom stereocenters. The van der Waals surface area contributed by atoms with Crippen molar-refractivity contribution in [3.63, 3.8) is 0 Å². The van der Waals surface area contributed by atoms with E-state index in [2.05, 4.69) is 4.90 Å². The molecule has 0 radical (unpaired) electrons. The number of aliphatic hydroxyl groups is 1. The summed E-state index contributed by atoms with van der Waals surface area (Å²) in [6.45, 7) is 2.46. The van der Waals surface area contributed by atoms with E-state index in [1.807, 2.05) is 12.1 Å². The first kappa shape index (κ1) is 16.4. The van der Waals surface area contributed by atoms with E-state index < -0.39 is 6.10 Å². The molecule has 25 heavy (non-hydrogen) atoms. The van der Waals surface area contributed by atoms with Gasteiger partial charge in [0.2, 0.25) is 0 Å². The van der Waals surface area contributed by atoms with E-state index in [0.717, 1.165) is 18.7 Å². The molecule has 5 heteroatoms. The van der Waals surface area contributed by atoms with Gasteiger partial charge in [0.15, 0.2) is 0 Å². The summed E-state index contributed by atoms with van der Waals surface area (Å²) in [5, 5.41) is 10.8. The van der Waals surface area contributed by atoms with E-state index in [1.54, 1.807) is 18.2 Å². The van der Waals surface area contributed by atoms with Gasteiger partial charge >= 0.3 is 0 Å². The van der Waals surface area contributed by atoms with Crippen LogP contribution in [0.3, 0.4) is 0 Å². The van der Waals surface area contributed by atoms with Gasteiger partial charge in [0, 0.05) is 5.56 Å². The summed E-state index contributed by atoms with van der Waals surface area (Å²) in [6, 6.07) is 10.2. The number of ether oxygens (including phenoxy) is 2. The van der Waals surface area contributed by atoms with Crippen molar-refractivity contribution < 1.29 is 19.0 Å². The molecule has 0 spiro atoms. The fourth-order valence-electron chi connectivity index (χ4n) is 3.87. The van der Waals surface area contributed by atoms with Crippen molar-refractivity contribution in [2.24, 2.45) is 0 Å². The third kappa shape index (κ3) is 2.87. The zero-order chi connectivity index (χ0) is 17.4. The second kappa shape index (κ2) is 6.65. The lowest BCUT2D eigenvalue weighted by Gasteiger charge is -2.36. The molecule has 4 rings (SSSR count). The van der Waals surface area contributed by atoms with Crippen LogP contribution >= 0.6 is 0 Å². The molecule has 0 aromatic heterocycles. The molecule has 2 heterocycles. The Morgan fingerprint density at radius 1 is 1.20 bits per heavy atom. The second-order valence-electron chi connectivity index (χ2n) is 6.64. The van der Waals surface area contributed by atoms with Crippen molar-refractivity contribution in [1.82, 2.24) is 4.90 Å². The maximum Gasteiger partial charge on any atom is 0.134 e. The first-order valence-corrected chi connectivity index (χ1v) is 8.71. The van der Waals surface area contributed by atoms with Gasteiger partial charge in [0.25, 0.3) is 0 Å². The molecule has 2 aromatic rings. The van der Waals surface area contributed by atoms with E-state index in [4.69, 9.17) is 9.47 Å². The monoisotopic (exact) mass is 343 g/mol. The van der Waals surface area contributed by atoms with Crippen LogP contribution in [-0.2, 0) is 0 Å². The van der Waals surface area contributed by atoms with Crippen LogP contribution in [0.5, 0.6) is 11.5 Å². The Morgan fingerprint density at radius 3 is 2.76 bits per heavy atom. The van der Waals surface area contributed by atoms with Crippen LogP contribution in [0.25, 0.3) is 11.1 Å². The van der Waals surface area contributed by atoms with Crippen molar-refractivity contribution in [3.05, 3.63) is 47.8 Å². The third-order valence-corrected chi connectivity index (χ3v) is 5.20.